The average molecular weight is 320 g/mol. The number of fused-ring (bicyclic) bond motifs is 3. The van der Waals surface area contributed by atoms with Crippen LogP contribution in [0.5, 0.6) is 0 Å². The van der Waals surface area contributed by atoms with E-state index in [-0.39, 0.29) is 6.10 Å². The van der Waals surface area contributed by atoms with E-state index in [1.165, 1.54) is 57.8 Å². The molecule has 4 aliphatic rings. The van der Waals surface area contributed by atoms with Crippen LogP contribution in [0.15, 0.2) is 0 Å². The van der Waals surface area contributed by atoms with Crippen molar-refractivity contribution in [3.8, 4) is 0 Å². The second-order valence-electron chi connectivity index (χ2n) is 9.72. The van der Waals surface area contributed by atoms with Gasteiger partial charge >= 0.3 is 0 Å². The predicted octanol–water partition coefficient (Wildman–Crippen LogP) is 4.35. The third-order valence-corrected chi connectivity index (χ3v) is 8.39. The van der Waals surface area contributed by atoms with Crippen molar-refractivity contribution >= 4 is 0 Å². The Morgan fingerprint density at radius 2 is 1.35 bits per heavy atom. The van der Waals surface area contributed by atoms with Crippen LogP contribution in [-0.2, 0) is 0 Å². The van der Waals surface area contributed by atoms with Crippen molar-refractivity contribution in [3.63, 3.8) is 0 Å². The topological polar surface area (TPSA) is 46.2 Å². The highest BCUT2D eigenvalue weighted by Crippen LogP contribution is 2.54. The molecule has 4 rings (SSSR count). The molecule has 0 aliphatic heterocycles. The maximum Gasteiger partial charge on any atom is 0.0574 e. The Labute approximate surface area is 142 Å². The summed E-state index contributed by atoms with van der Waals surface area (Å²) >= 11 is 0. The van der Waals surface area contributed by atoms with Gasteiger partial charge < -0.3 is 10.8 Å². The fourth-order valence-corrected chi connectivity index (χ4v) is 7.07. The first-order chi connectivity index (χ1) is 11.1. The van der Waals surface area contributed by atoms with Gasteiger partial charge in [-0.1, -0.05) is 19.8 Å². The molecule has 2 heteroatoms. The summed E-state index contributed by atoms with van der Waals surface area (Å²) in [7, 11) is 0. The fraction of sp³-hybridized carbons (Fsp3) is 1.00. The van der Waals surface area contributed by atoms with Gasteiger partial charge in [-0.25, -0.2) is 0 Å². The van der Waals surface area contributed by atoms with Crippen molar-refractivity contribution in [1.29, 1.82) is 0 Å². The summed E-state index contributed by atoms with van der Waals surface area (Å²) in [6.45, 7) is 2.43. The number of aliphatic hydroxyl groups excluding tert-OH is 1. The highest BCUT2D eigenvalue weighted by molar-refractivity contribution is 4.99. The van der Waals surface area contributed by atoms with Gasteiger partial charge in [-0.05, 0) is 99.2 Å². The second kappa shape index (κ2) is 6.67. The molecule has 23 heavy (non-hydrogen) atoms. The van der Waals surface area contributed by atoms with Gasteiger partial charge in [-0.3, -0.25) is 0 Å². The molecule has 0 radical (unpaired) electrons. The van der Waals surface area contributed by atoms with E-state index in [0.29, 0.717) is 12.0 Å². The summed E-state index contributed by atoms with van der Waals surface area (Å²) < 4.78 is 0. The van der Waals surface area contributed by atoms with Crippen molar-refractivity contribution in [2.45, 2.75) is 89.7 Å². The number of aliphatic hydroxyl groups is 1. The SMILES string of the molecule is CC1CCC(C2CCC3C(CC(O)C4CC(N)CCC43)C2)CC1. The predicted molar refractivity (Wildman–Crippen MR) is 94.9 cm³/mol. The van der Waals surface area contributed by atoms with Crippen LogP contribution in [0.25, 0.3) is 0 Å². The van der Waals surface area contributed by atoms with E-state index in [4.69, 9.17) is 5.73 Å². The van der Waals surface area contributed by atoms with Gasteiger partial charge in [0.15, 0.2) is 0 Å². The lowest BCUT2D eigenvalue weighted by Gasteiger charge is -2.53. The van der Waals surface area contributed by atoms with Gasteiger partial charge in [0, 0.05) is 6.04 Å². The Balaban J connectivity index is 1.40. The lowest BCUT2D eigenvalue weighted by atomic mass is 9.54. The first-order valence-corrected chi connectivity index (χ1v) is 10.6. The fourth-order valence-electron chi connectivity index (χ4n) is 7.07. The smallest absolute Gasteiger partial charge is 0.0574 e. The van der Waals surface area contributed by atoms with E-state index in [0.717, 1.165) is 48.3 Å². The summed E-state index contributed by atoms with van der Waals surface area (Å²) in [5.41, 5.74) is 6.19. The summed E-state index contributed by atoms with van der Waals surface area (Å²) in [6.07, 6.45) is 14.8. The minimum atomic E-state index is -0.0577. The Bertz CT molecular complexity index is 403. The minimum Gasteiger partial charge on any atom is -0.393 e. The van der Waals surface area contributed by atoms with E-state index in [9.17, 15) is 5.11 Å². The highest BCUT2D eigenvalue weighted by Gasteiger charge is 2.48. The van der Waals surface area contributed by atoms with Crippen LogP contribution in [-0.4, -0.2) is 17.3 Å². The van der Waals surface area contributed by atoms with E-state index in [1.807, 2.05) is 0 Å². The molecule has 0 saturated heterocycles. The van der Waals surface area contributed by atoms with E-state index in [1.54, 1.807) is 0 Å². The molecule has 7 unspecified atom stereocenters. The number of hydrogen-bond acceptors (Lipinski definition) is 2. The average Bonchev–Trinajstić information content (AvgIpc) is 2.55. The molecule has 0 bridgehead atoms. The maximum absolute atomic E-state index is 10.7. The molecule has 0 aromatic heterocycles. The van der Waals surface area contributed by atoms with Gasteiger partial charge in [-0.15, -0.1) is 0 Å². The summed E-state index contributed by atoms with van der Waals surface area (Å²) in [5, 5.41) is 10.7. The highest BCUT2D eigenvalue weighted by atomic mass is 16.3. The van der Waals surface area contributed by atoms with Crippen molar-refractivity contribution in [2.24, 2.45) is 47.2 Å². The van der Waals surface area contributed by atoms with E-state index in [2.05, 4.69) is 6.92 Å². The molecule has 0 heterocycles. The molecular formula is C21H37NO. The Kier molecular flexibility index (Phi) is 4.75. The molecule has 7 atom stereocenters. The zero-order valence-corrected chi connectivity index (χ0v) is 15.0. The monoisotopic (exact) mass is 319 g/mol. The molecule has 0 spiro atoms. The van der Waals surface area contributed by atoms with Gasteiger partial charge in [0.25, 0.3) is 0 Å². The summed E-state index contributed by atoms with van der Waals surface area (Å²) in [5.74, 6) is 5.97. The summed E-state index contributed by atoms with van der Waals surface area (Å²) in [6, 6.07) is 0.350. The lowest BCUT2D eigenvalue weighted by Crippen LogP contribution is -2.50. The molecular weight excluding hydrogens is 282 g/mol. The van der Waals surface area contributed by atoms with Crippen LogP contribution in [0.2, 0.25) is 0 Å². The molecule has 4 fully saturated rings. The molecule has 3 N–H and O–H groups in total. The molecule has 132 valence electrons. The van der Waals surface area contributed by atoms with Gasteiger partial charge in [-0.2, -0.15) is 0 Å². The lowest BCUT2D eigenvalue weighted by molar-refractivity contribution is -0.0802. The van der Waals surface area contributed by atoms with Crippen LogP contribution in [0.1, 0.15) is 77.6 Å². The normalized spacial score (nSPS) is 54.1. The standard InChI is InChI=1S/C21H37NO/c1-13-2-4-14(5-3-13)15-6-8-18-16(10-15)11-21(23)20-12-17(22)7-9-19(18)20/h13-21,23H,2-12,22H2,1H3. The van der Waals surface area contributed by atoms with Crippen molar-refractivity contribution in [2.75, 3.05) is 0 Å². The van der Waals surface area contributed by atoms with Crippen LogP contribution in [0.3, 0.4) is 0 Å². The van der Waals surface area contributed by atoms with Crippen LogP contribution >= 0.6 is 0 Å². The third-order valence-electron chi connectivity index (χ3n) is 8.39. The molecule has 0 aromatic rings. The van der Waals surface area contributed by atoms with Gasteiger partial charge in [0.1, 0.15) is 0 Å². The molecule has 4 aliphatic carbocycles. The van der Waals surface area contributed by atoms with E-state index >= 15 is 0 Å². The third kappa shape index (κ3) is 3.23. The number of nitrogens with two attached hydrogens (primary N) is 1. The largest absolute Gasteiger partial charge is 0.393 e. The van der Waals surface area contributed by atoms with Crippen molar-refractivity contribution < 1.29 is 5.11 Å². The Hall–Kier alpha value is -0.0800. The van der Waals surface area contributed by atoms with Gasteiger partial charge in [0.05, 0.1) is 6.10 Å². The number of rotatable bonds is 1. The van der Waals surface area contributed by atoms with E-state index < -0.39 is 0 Å². The Morgan fingerprint density at radius 1 is 0.652 bits per heavy atom. The zero-order valence-electron chi connectivity index (χ0n) is 15.0. The number of hydrogen-bond donors (Lipinski definition) is 2. The first kappa shape index (κ1) is 16.4. The molecule has 4 saturated carbocycles. The summed E-state index contributed by atoms with van der Waals surface area (Å²) in [4.78, 5) is 0. The van der Waals surface area contributed by atoms with Crippen molar-refractivity contribution in [3.05, 3.63) is 0 Å². The second-order valence-corrected chi connectivity index (χ2v) is 9.72. The quantitative estimate of drug-likeness (QED) is 0.754. The molecule has 2 nitrogen and oxygen atoms in total. The minimum absolute atomic E-state index is 0.0577. The van der Waals surface area contributed by atoms with Crippen molar-refractivity contribution in [1.82, 2.24) is 0 Å². The first-order valence-electron chi connectivity index (χ1n) is 10.6. The Morgan fingerprint density at radius 3 is 2.13 bits per heavy atom. The molecule has 0 aromatic carbocycles. The maximum atomic E-state index is 10.7. The van der Waals surface area contributed by atoms with Crippen LogP contribution in [0.4, 0.5) is 0 Å². The van der Waals surface area contributed by atoms with Gasteiger partial charge in [0.2, 0.25) is 0 Å². The zero-order chi connectivity index (χ0) is 16.0. The van der Waals surface area contributed by atoms with Crippen LogP contribution in [0, 0.1) is 41.4 Å². The molecule has 0 amide bonds. The van der Waals surface area contributed by atoms with Crippen LogP contribution < -0.4 is 5.73 Å².